The third-order valence-corrected chi connectivity index (χ3v) is 7.03. The number of benzene rings is 7. The van der Waals surface area contributed by atoms with Crippen molar-refractivity contribution < 1.29 is 0 Å². The Hall–Kier alpha value is -4.42. The summed E-state index contributed by atoms with van der Waals surface area (Å²) < 4.78 is 0. The van der Waals surface area contributed by atoms with Gasteiger partial charge in [0.1, 0.15) is 0 Å². The van der Waals surface area contributed by atoms with Gasteiger partial charge < -0.3 is 0 Å². The van der Waals surface area contributed by atoms with Crippen LogP contribution in [0.3, 0.4) is 0 Å². The van der Waals surface area contributed by atoms with E-state index in [9.17, 15) is 0 Å². The maximum Gasteiger partial charge on any atom is -0.00262 e. The summed E-state index contributed by atoms with van der Waals surface area (Å²) in [6, 6.07) is 48.5. The van der Waals surface area contributed by atoms with Gasteiger partial charge in [-0.1, -0.05) is 127 Å². The van der Waals surface area contributed by atoms with E-state index < -0.39 is 0 Å². The maximum atomic E-state index is 2.36. The SMILES string of the molecule is c1ccc(-c2c3ccccc3c(-c3ccc4c(ccc5ccccc54)c3)c3ccccc23)cc1. The third kappa shape index (κ3) is 2.86. The average molecular weight is 431 g/mol. The number of rotatable bonds is 2. The molecule has 7 rings (SSSR count). The Bertz CT molecular complexity index is 1790. The molecule has 0 aliphatic heterocycles. The Morgan fingerprint density at radius 3 is 1.38 bits per heavy atom. The fourth-order valence-corrected chi connectivity index (χ4v) is 5.52. The van der Waals surface area contributed by atoms with Crippen LogP contribution in [0.15, 0.2) is 133 Å². The Labute approximate surface area is 198 Å². The van der Waals surface area contributed by atoms with Crippen molar-refractivity contribution in [1.29, 1.82) is 0 Å². The van der Waals surface area contributed by atoms with E-state index in [-0.39, 0.29) is 0 Å². The van der Waals surface area contributed by atoms with Crippen molar-refractivity contribution in [3.8, 4) is 22.3 Å². The normalized spacial score (nSPS) is 11.5. The highest BCUT2D eigenvalue weighted by Crippen LogP contribution is 2.44. The van der Waals surface area contributed by atoms with E-state index in [0.29, 0.717) is 0 Å². The van der Waals surface area contributed by atoms with E-state index in [1.165, 1.54) is 65.3 Å². The summed E-state index contributed by atoms with van der Waals surface area (Å²) in [5.74, 6) is 0. The van der Waals surface area contributed by atoms with E-state index in [2.05, 4.69) is 133 Å². The third-order valence-electron chi connectivity index (χ3n) is 7.03. The van der Waals surface area contributed by atoms with Gasteiger partial charge in [0, 0.05) is 0 Å². The zero-order valence-corrected chi connectivity index (χ0v) is 18.7. The van der Waals surface area contributed by atoms with Crippen LogP contribution in [-0.4, -0.2) is 0 Å². The highest BCUT2D eigenvalue weighted by atomic mass is 14.2. The van der Waals surface area contributed by atoms with Crippen LogP contribution in [0, 0.1) is 0 Å². The van der Waals surface area contributed by atoms with Crippen molar-refractivity contribution >= 4 is 43.1 Å². The molecular formula is C34H22. The van der Waals surface area contributed by atoms with E-state index in [1.807, 2.05) is 0 Å². The predicted octanol–water partition coefficient (Wildman–Crippen LogP) is 9.63. The van der Waals surface area contributed by atoms with Crippen LogP contribution < -0.4 is 0 Å². The fourth-order valence-electron chi connectivity index (χ4n) is 5.52. The van der Waals surface area contributed by atoms with Crippen molar-refractivity contribution in [2.24, 2.45) is 0 Å². The van der Waals surface area contributed by atoms with Gasteiger partial charge in [-0.3, -0.25) is 0 Å². The zero-order chi connectivity index (χ0) is 22.5. The topological polar surface area (TPSA) is 0 Å². The van der Waals surface area contributed by atoms with Gasteiger partial charge in [0.05, 0.1) is 0 Å². The molecular weight excluding hydrogens is 408 g/mol. The lowest BCUT2D eigenvalue weighted by atomic mass is 9.85. The van der Waals surface area contributed by atoms with Gasteiger partial charge in [-0.25, -0.2) is 0 Å². The quantitative estimate of drug-likeness (QED) is 0.189. The Morgan fingerprint density at radius 2 is 0.735 bits per heavy atom. The van der Waals surface area contributed by atoms with Gasteiger partial charge in [0.2, 0.25) is 0 Å². The van der Waals surface area contributed by atoms with Gasteiger partial charge in [0.25, 0.3) is 0 Å². The highest BCUT2D eigenvalue weighted by molar-refractivity contribution is 6.22. The predicted molar refractivity (Wildman–Crippen MR) is 147 cm³/mol. The van der Waals surface area contributed by atoms with E-state index in [0.717, 1.165) is 0 Å². The molecule has 34 heavy (non-hydrogen) atoms. The molecule has 0 aliphatic carbocycles. The summed E-state index contributed by atoms with van der Waals surface area (Å²) in [5.41, 5.74) is 5.13. The molecule has 0 heteroatoms. The summed E-state index contributed by atoms with van der Waals surface area (Å²) in [4.78, 5) is 0. The average Bonchev–Trinajstić information content (AvgIpc) is 2.91. The number of hydrogen-bond donors (Lipinski definition) is 0. The second-order valence-electron chi connectivity index (χ2n) is 8.93. The molecule has 0 atom stereocenters. The van der Waals surface area contributed by atoms with Crippen molar-refractivity contribution in [3.63, 3.8) is 0 Å². The lowest BCUT2D eigenvalue weighted by Gasteiger charge is -2.18. The van der Waals surface area contributed by atoms with Crippen molar-refractivity contribution in [3.05, 3.63) is 133 Å². The molecule has 0 amide bonds. The lowest BCUT2D eigenvalue weighted by Crippen LogP contribution is -1.90. The Kier molecular flexibility index (Phi) is 4.25. The first-order chi connectivity index (χ1) is 16.9. The van der Waals surface area contributed by atoms with Gasteiger partial charge >= 0.3 is 0 Å². The molecule has 7 aromatic rings. The van der Waals surface area contributed by atoms with Gasteiger partial charge in [-0.2, -0.15) is 0 Å². The molecule has 0 spiro atoms. The minimum atomic E-state index is 1.26. The second-order valence-corrected chi connectivity index (χ2v) is 8.93. The molecule has 0 fully saturated rings. The minimum Gasteiger partial charge on any atom is -0.0622 e. The Balaban J connectivity index is 1.60. The molecule has 0 aromatic heterocycles. The van der Waals surface area contributed by atoms with Crippen LogP contribution in [-0.2, 0) is 0 Å². The molecule has 0 saturated heterocycles. The largest absolute Gasteiger partial charge is 0.0622 e. The van der Waals surface area contributed by atoms with Crippen molar-refractivity contribution in [2.45, 2.75) is 0 Å². The van der Waals surface area contributed by atoms with Gasteiger partial charge in [0.15, 0.2) is 0 Å². The van der Waals surface area contributed by atoms with Gasteiger partial charge in [-0.05, 0) is 71.4 Å². The lowest BCUT2D eigenvalue weighted by molar-refractivity contribution is 1.66. The first kappa shape index (κ1) is 19.1. The van der Waals surface area contributed by atoms with E-state index in [1.54, 1.807) is 0 Å². The molecule has 0 aliphatic rings. The monoisotopic (exact) mass is 430 g/mol. The molecule has 0 unspecified atom stereocenters. The molecule has 0 nitrogen and oxygen atoms in total. The van der Waals surface area contributed by atoms with E-state index in [4.69, 9.17) is 0 Å². The molecule has 7 aromatic carbocycles. The summed E-state index contributed by atoms with van der Waals surface area (Å²) in [5, 5.41) is 10.3. The Morgan fingerprint density at radius 1 is 0.265 bits per heavy atom. The first-order valence-electron chi connectivity index (χ1n) is 11.8. The summed E-state index contributed by atoms with van der Waals surface area (Å²) in [7, 11) is 0. The maximum absolute atomic E-state index is 2.36. The highest BCUT2D eigenvalue weighted by Gasteiger charge is 2.16. The van der Waals surface area contributed by atoms with Gasteiger partial charge in [-0.15, -0.1) is 0 Å². The molecule has 0 bridgehead atoms. The van der Waals surface area contributed by atoms with Crippen LogP contribution in [0.5, 0.6) is 0 Å². The number of hydrogen-bond acceptors (Lipinski definition) is 0. The molecule has 0 saturated carbocycles. The summed E-state index contributed by atoms with van der Waals surface area (Å²) in [6.07, 6.45) is 0. The molecule has 158 valence electrons. The van der Waals surface area contributed by atoms with Crippen molar-refractivity contribution in [2.75, 3.05) is 0 Å². The molecule has 0 radical (unpaired) electrons. The summed E-state index contributed by atoms with van der Waals surface area (Å²) >= 11 is 0. The van der Waals surface area contributed by atoms with E-state index >= 15 is 0 Å². The number of fused-ring (bicyclic) bond motifs is 5. The van der Waals surface area contributed by atoms with Crippen molar-refractivity contribution in [1.82, 2.24) is 0 Å². The molecule has 0 heterocycles. The van der Waals surface area contributed by atoms with Crippen LogP contribution in [0.4, 0.5) is 0 Å². The second kappa shape index (κ2) is 7.57. The van der Waals surface area contributed by atoms with Crippen LogP contribution in [0.25, 0.3) is 65.3 Å². The smallest absolute Gasteiger partial charge is 0.00262 e. The van der Waals surface area contributed by atoms with Crippen LogP contribution in [0.2, 0.25) is 0 Å². The zero-order valence-electron chi connectivity index (χ0n) is 18.7. The van der Waals surface area contributed by atoms with Crippen LogP contribution in [0.1, 0.15) is 0 Å². The fraction of sp³-hybridized carbons (Fsp3) is 0. The first-order valence-corrected chi connectivity index (χ1v) is 11.8. The standard InChI is InChI=1S/C34H22/c1-2-11-24(12-3-1)33-29-14-6-8-16-31(29)34(32-17-9-7-15-30(32)33)26-20-21-28-25(22-26)19-18-23-10-4-5-13-27(23)28/h1-22H. The van der Waals surface area contributed by atoms with Crippen LogP contribution >= 0.6 is 0 Å². The summed E-state index contributed by atoms with van der Waals surface area (Å²) in [6.45, 7) is 0. The molecule has 0 N–H and O–H groups in total. The minimum absolute atomic E-state index is 1.26.